The van der Waals surface area contributed by atoms with E-state index in [4.69, 9.17) is 0 Å². The Morgan fingerprint density at radius 1 is 0.603 bits per heavy atom. The summed E-state index contributed by atoms with van der Waals surface area (Å²) in [5, 5.41) is 0. The van der Waals surface area contributed by atoms with Crippen molar-refractivity contribution in [2.45, 2.75) is 44.7 Å². The molecular weight excluding hydrogens is 819 g/mol. The molecule has 9 rings (SSSR count). The van der Waals surface area contributed by atoms with Crippen molar-refractivity contribution in [1.29, 1.82) is 0 Å². The molecule has 14 heteroatoms. The smallest absolute Gasteiger partial charge is 0.348 e. The Hall–Kier alpha value is -6.70. The zero-order valence-corrected chi connectivity index (χ0v) is 34.1. The number of carbonyl (C=O) groups excluding carboxylic acids is 2. The van der Waals surface area contributed by atoms with Crippen molar-refractivity contribution in [1.82, 2.24) is 29.7 Å². The molecule has 4 heterocycles. The van der Waals surface area contributed by atoms with Gasteiger partial charge in [-0.1, -0.05) is 60.7 Å². The highest BCUT2D eigenvalue weighted by molar-refractivity contribution is 5.95. The number of alkyl halides is 3. The molecule has 2 aromatic heterocycles. The minimum atomic E-state index is -4.45. The molecule has 8 nitrogen and oxygen atoms in total. The summed E-state index contributed by atoms with van der Waals surface area (Å²) in [6.45, 7) is 2.44. The van der Waals surface area contributed by atoms with Crippen molar-refractivity contribution in [3.05, 3.63) is 167 Å². The number of halogens is 6. The molecule has 7 aromatic rings. The van der Waals surface area contributed by atoms with Crippen LogP contribution in [0.1, 0.15) is 63.7 Å². The van der Waals surface area contributed by atoms with Gasteiger partial charge in [-0.25, -0.2) is 23.1 Å². The Morgan fingerprint density at radius 2 is 1.08 bits per heavy atom. The first-order valence-electron chi connectivity index (χ1n) is 20.9. The second-order valence-corrected chi connectivity index (χ2v) is 16.1. The molecule has 2 amide bonds. The van der Waals surface area contributed by atoms with Gasteiger partial charge in [-0.3, -0.25) is 9.59 Å². The zero-order valence-electron chi connectivity index (χ0n) is 34.1. The van der Waals surface area contributed by atoms with Crippen LogP contribution in [0.15, 0.2) is 121 Å². The number of nitrogens with one attached hydrogen (secondary N) is 2. The number of likely N-dealkylation sites (tertiary alicyclic amines) is 2. The van der Waals surface area contributed by atoms with Crippen molar-refractivity contribution in [2.75, 3.05) is 26.2 Å². The first-order valence-corrected chi connectivity index (χ1v) is 20.9. The molecule has 63 heavy (non-hydrogen) atoms. The predicted molar refractivity (Wildman–Crippen MR) is 228 cm³/mol. The van der Waals surface area contributed by atoms with Gasteiger partial charge in [0.25, 0.3) is 11.8 Å². The minimum absolute atomic E-state index is 0.00254. The number of nitrogens with zero attached hydrogens (tertiary/aromatic N) is 4. The average Bonchev–Trinajstić information content (AvgIpc) is 3.94. The lowest BCUT2D eigenvalue weighted by Crippen LogP contribution is -2.39. The molecule has 2 saturated heterocycles. The van der Waals surface area contributed by atoms with E-state index >= 15 is 0 Å². The van der Waals surface area contributed by atoms with E-state index in [1.807, 2.05) is 4.90 Å². The number of aromatic amines is 2. The number of fused-ring (bicyclic) bond motifs is 1. The van der Waals surface area contributed by atoms with E-state index < -0.39 is 11.9 Å². The molecule has 0 unspecified atom stereocenters. The van der Waals surface area contributed by atoms with E-state index in [1.54, 1.807) is 95.9 Å². The monoisotopic (exact) mass is 862 g/mol. The molecule has 0 atom stereocenters. The number of rotatable bonds is 8. The molecular formula is C49H44F6N6O2. The number of aromatic nitrogens is 4. The molecule has 0 spiro atoms. The van der Waals surface area contributed by atoms with Crippen LogP contribution in [0.3, 0.4) is 0 Å². The van der Waals surface area contributed by atoms with Gasteiger partial charge in [0.1, 0.15) is 29.1 Å². The van der Waals surface area contributed by atoms with Crippen LogP contribution in [-0.4, -0.2) is 67.7 Å². The van der Waals surface area contributed by atoms with Crippen molar-refractivity contribution >= 4 is 22.8 Å². The minimum Gasteiger partial charge on any atom is -0.348 e. The highest BCUT2D eigenvalue weighted by Crippen LogP contribution is 2.30. The molecule has 0 aliphatic carbocycles. The summed E-state index contributed by atoms with van der Waals surface area (Å²) in [6.07, 6.45) is 0.827. The quantitative estimate of drug-likeness (QED) is 0.149. The standard InChI is InChI=1S/C26H23F2N3O.C23H21F4N3O/c27-20-9-10-23-24(16-20)30-25(29-23)15-17-11-13-31(14-12-17)26(32)19-7-5-18(6-8-19)21-3-1-2-4-22(21)28;24-19-4-2-1-3-18(19)16-5-7-17(8-6-16)22(31)30-11-9-15(10-12-30)13-21-28-14-20(29-21)23(25,26)27/h1-10,16-17H,11-15H2,(H,29,30);1-8,14-15H,9-13H2,(H,28,29). The summed E-state index contributed by atoms with van der Waals surface area (Å²) in [5.74, 6) is 0.793. The third-order valence-corrected chi connectivity index (χ3v) is 11.8. The normalized spacial score (nSPS) is 15.0. The van der Waals surface area contributed by atoms with Crippen LogP contribution < -0.4 is 0 Å². The molecule has 2 fully saturated rings. The van der Waals surface area contributed by atoms with Gasteiger partial charge in [-0.15, -0.1) is 0 Å². The van der Waals surface area contributed by atoms with Crippen LogP contribution in [0.25, 0.3) is 33.3 Å². The molecule has 2 aliphatic heterocycles. The maximum Gasteiger partial charge on any atom is 0.434 e. The van der Waals surface area contributed by atoms with Gasteiger partial charge < -0.3 is 19.8 Å². The Labute approximate surface area is 360 Å². The highest BCUT2D eigenvalue weighted by Gasteiger charge is 2.34. The molecule has 0 saturated carbocycles. The lowest BCUT2D eigenvalue weighted by molar-refractivity contribution is -0.141. The number of hydrogen-bond donors (Lipinski definition) is 2. The second kappa shape index (κ2) is 18.7. The SMILES string of the molecule is O=C(c1ccc(-c2ccccc2F)cc1)N1CCC(Cc2nc(C(F)(F)F)c[nH]2)CC1.O=C(c1ccc(-c2ccccc2F)cc1)N1CCC(Cc2nc3cc(F)ccc3[nH]2)CC1. The van der Waals surface area contributed by atoms with Crippen LogP contribution in [0.4, 0.5) is 26.3 Å². The number of benzene rings is 5. The predicted octanol–water partition coefficient (Wildman–Crippen LogP) is 10.9. The van der Waals surface area contributed by atoms with Crippen molar-refractivity contribution < 1.29 is 35.9 Å². The number of H-pyrrole nitrogens is 2. The number of amides is 2. The third kappa shape index (κ3) is 10.3. The van der Waals surface area contributed by atoms with Gasteiger partial charge in [0, 0.05) is 73.5 Å². The lowest BCUT2D eigenvalue weighted by atomic mass is 9.93. The van der Waals surface area contributed by atoms with Crippen molar-refractivity contribution in [3.63, 3.8) is 0 Å². The highest BCUT2D eigenvalue weighted by atomic mass is 19.4. The first kappa shape index (κ1) is 43.0. The fourth-order valence-electron chi connectivity index (χ4n) is 8.31. The van der Waals surface area contributed by atoms with Crippen LogP contribution in [0.5, 0.6) is 0 Å². The summed E-state index contributed by atoms with van der Waals surface area (Å²) < 4.78 is 79.4. The van der Waals surface area contributed by atoms with E-state index in [0.29, 0.717) is 90.5 Å². The third-order valence-electron chi connectivity index (χ3n) is 11.8. The van der Waals surface area contributed by atoms with Gasteiger partial charge in [0.2, 0.25) is 0 Å². The molecule has 2 N–H and O–H groups in total. The van der Waals surface area contributed by atoms with Crippen LogP contribution >= 0.6 is 0 Å². The second-order valence-electron chi connectivity index (χ2n) is 16.1. The summed E-state index contributed by atoms with van der Waals surface area (Å²) in [5.41, 5.74) is 4.18. The lowest BCUT2D eigenvalue weighted by Gasteiger charge is -2.31. The first-order chi connectivity index (χ1) is 30.4. The number of carbonyl (C=O) groups is 2. The topological polar surface area (TPSA) is 98.0 Å². The largest absolute Gasteiger partial charge is 0.434 e. The average molecular weight is 863 g/mol. The maximum absolute atomic E-state index is 14.0. The number of imidazole rings is 2. The zero-order chi connectivity index (χ0) is 44.1. The molecule has 0 bridgehead atoms. The van der Waals surface area contributed by atoms with Gasteiger partial charge in [-0.2, -0.15) is 13.2 Å². The Balaban J connectivity index is 0.000000173. The van der Waals surface area contributed by atoms with Gasteiger partial charge in [0.15, 0.2) is 5.69 Å². The van der Waals surface area contributed by atoms with Crippen LogP contribution in [0, 0.1) is 29.3 Å². The van der Waals surface area contributed by atoms with E-state index in [9.17, 15) is 35.9 Å². The molecule has 0 radical (unpaired) electrons. The van der Waals surface area contributed by atoms with Crippen molar-refractivity contribution in [2.24, 2.45) is 11.8 Å². The van der Waals surface area contributed by atoms with E-state index in [0.717, 1.165) is 42.4 Å². The summed E-state index contributed by atoms with van der Waals surface area (Å²) in [4.78, 5) is 43.4. The number of hydrogen-bond acceptors (Lipinski definition) is 4. The summed E-state index contributed by atoms with van der Waals surface area (Å²) >= 11 is 0. The molecule has 2 aliphatic rings. The van der Waals surface area contributed by atoms with E-state index in [1.165, 1.54) is 24.3 Å². The number of piperidine rings is 2. The fraction of sp³-hybridized carbons (Fsp3) is 0.265. The molecule has 324 valence electrons. The van der Waals surface area contributed by atoms with Gasteiger partial charge in [-0.05, 0) is 97.2 Å². The maximum atomic E-state index is 14.0. The fourth-order valence-corrected chi connectivity index (χ4v) is 8.31. The Bertz CT molecular complexity index is 2680. The van der Waals surface area contributed by atoms with E-state index in [2.05, 4.69) is 19.9 Å². The summed E-state index contributed by atoms with van der Waals surface area (Å²) in [7, 11) is 0. The van der Waals surface area contributed by atoms with Gasteiger partial charge in [0.05, 0.1) is 11.0 Å². The van der Waals surface area contributed by atoms with Crippen LogP contribution in [0.2, 0.25) is 0 Å². The van der Waals surface area contributed by atoms with E-state index in [-0.39, 0.29) is 35.2 Å². The Morgan fingerprint density at radius 3 is 1.54 bits per heavy atom. The molecule has 5 aromatic carbocycles. The summed E-state index contributed by atoms with van der Waals surface area (Å²) in [6, 6.07) is 31.6. The van der Waals surface area contributed by atoms with Gasteiger partial charge >= 0.3 is 6.18 Å². The Kier molecular flexibility index (Phi) is 12.8. The van der Waals surface area contributed by atoms with Crippen molar-refractivity contribution in [3.8, 4) is 22.3 Å². The van der Waals surface area contributed by atoms with Crippen LogP contribution in [-0.2, 0) is 19.0 Å².